The monoisotopic (exact) mass is 292 g/mol. The number of ether oxygens (including phenoxy) is 1. The zero-order valence-corrected chi connectivity index (χ0v) is 11.4. The maximum atomic E-state index is 6.06. The Kier molecular flexibility index (Phi) is 3.36. The number of hydrogen-bond acceptors (Lipinski definition) is 2. The predicted octanol–water partition coefficient (Wildman–Crippen LogP) is 5.32. The molecule has 4 heteroatoms. The first kappa shape index (κ1) is 12.4. The zero-order valence-electron chi connectivity index (χ0n) is 9.90. The normalized spacial score (nSPS) is 10.8. The molecule has 0 aliphatic heterocycles. The third kappa shape index (κ3) is 2.70. The highest BCUT2D eigenvalue weighted by atomic mass is 35.5. The van der Waals surface area contributed by atoms with E-state index in [0.29, 0.717) is 28.0 Å². The number of rotatable bonds is 3. The van der Waals surface area contributed by atoms with Crippen LogP contribution < -0.4 is 4.74 Å². The van der Waals surface area contributed by atoms with Gasteiger partial charge in [0.05, 0.1) is 5.02 Å². The van der Waals surface area contributed by atoms with E-state index in [9.17, 15) is 0 Å². The molecular weight excluding hydrogens is 283 g/mol. The number of para-hydroxylation sites is 1. The Hall–Kier alpha value is -1.64. The molecule has 0 atom stereocenters. The lowest BCUT2D eigenvalue weighted by Crippen LogP contribution is -1.93. The summed E-state index contributed by atoms with van der Waals surface area (Å²) >= 11 is 11.9. The Morgan fingerprint density at radius 2 is 1.84 bits per heavy atom. The quantitative estimate of drug-likeness (QED) is 0.652. The fourth-order valence-corrected chi connectivity index (χ4v) is 2.26. The summed E-state index contributed by atoms with van der Waals surface area (Å²) in [6.45, 7) is 0.339. The van der Waals surface area contributed by atoms with Crippen molar-refractivity contribution in [1.29, 1.82) is 0 Å². The lowest BCUT2D eigenvalue weighted by atomic mass is 10.2. The van der Waals surface area contributed by atoms with Crippen molar-refractivity contribution < 1.29 is 9.15 Å². The first-order chi connectivity index (χ1) is 9.22. The molecule has 2 aromatic carbocycles. The van der Waals surface area contributed by atoms with Gasteiger partial charge in [-0.3, -0.25) is 0 Å². The minimum Gasteiger partial charge on any atom is -0.486 e. The van der Waals surface area contributed by atoms with Crippen LogP contribution in [0, 0.1) is 0 Å². The molecule has 0 saturated heterocycles. The molecule has 0 bridgehead atoms. The van der Waals surface area contributed by atoms with E-state index in [0.717, 1.165) is 11.1 Å². The van der Waals surface area contributed by atoms with Crippen molar-refractivity contribution in [3.05, 3.63) is 64.3 Å². The minimum atomic E-state index is 0.339. The summed E-state index contributed by atoms with van der Waals surface area (Å²) in [4.78, 5) is 0. The third-order valence-corrected chi connectivity index (χ3v) is 3.26. The summed E-state index contributed by atoms with van der Waals surface area (Å²) in [6, 6.07) is 14.8. The minimum absolute atomic E-state index is 0.339. The van der Waals surface area contributed by atoms with E-state index in [1.54, 1.807) is 18.2 Å². The smallest absolute Gasteiger partial charge is 0.153 e. The molecule has 0 saturated carbocycles. The molecule has 1 heterocycles. The molecule has 0 unspecified atom stereocenters. The van der Waals surface area contributed by atoms with Crippen molar-refractivity contribution in [3.8, 4) is 5.75 Å². The summed E-state index contributed by atoms with van der Waals surface area (Å²) in [5, 5.41) is 2.22. The first-order valence-corrected chi connectivity index (χ1v) is 6.53. The number of fused-ring (bicyclic) bond motifs is 1. The predicted molar refractivity (Wildman–Crippen MR) is 77.0 cm³/mol. The molecule has 19 heavy (non-hydrogen) atoms. The van der Waals surface area contributed by atoms with Gasteiger partial charge in [0.1, 0.15) is 18.1 Å². The standard InChI is InChI=1S/C15H10Cl2O2/c16-11-4-2-5-12(8-11)18-9-13-7-10-3-1-6-14(17)15(10)19-13/h1-8H,9H2. The van der Waals surface area contributed by atoms with E-state index >= 15 is 0 Å². The van der Waals surface area contributed by atoms with Gasteiger partial charge in [-0.25, -0.2) is 0 Å². The van der Waals surface area contributed by atoms with Crippen LogP contribution in [0.5, 0.6) is 5.75 Å². The van der Waals surface area contributed by atoms with Crippen molar-refractivity contribution in [3.63, 3.8) is 0 Å². The summed E-state index contributed by atoms with van der Waals surface area (Å²) in [6.07, 6.45) is 0. The van der Waals surface area contributed by atoms with Crippen molar-refractivity contribution in [2.75, 3.05) is 0 Å². The molecule has 96 valence electrons. The molecule has 0 N–H and O–H groups in total. The van der Waals surface area contributed by atoms with Gasteiger partial charge in [0.25, 0.3) is 0 Å². The summed E-state index contributed by atoms with van der Waals surface area (Å²) in [7, 11) is 0. The summed E-state index contributed by atoms with van der Waals surface area (Å²) < 4.78 is 11.3. The summed E-state index contributed by atoms with van der Waals surface area (Å²) in [5.41, 5.74) is 0.689. The van der Waals surface area contributed by atoms with Crippen LogP contribution in [-0.4, -0.2) is 0 Å². The average molecular weight is 293 g/mol. The number of halogens is 2. The first-order valence-electron chi connectivity index (χ1n) is 5.78. The van der Waals surface area contributed by atoms with Crippen molar-refractivity contribution >= 4 is 34.2 Å². The Bertz CT molecular complexity index is 719. The second-order valence-electron chi connectivity index (χ2n) is 4.12. The van der Waals surface area contributed by atoms with Gasteiger partial charge in [0.15, 0.2) is 5.58 Å². The Morgan fingerprint density at radius 1 is 1.00 bits per heavy atom. The molecule has 3 rings (SSSR count). The number of hydrogen-bond donors (Lipinski definition) is 0. The molecule has 1 aromatic heterocycles. The van der Waals surface area contributed by atoms with Crippen LogP contribution in [0.3, 0.4) is 0 Å². The van der Waals surface area contributed by atoms with Gasteiger partial charge in [-0.05, 0) is 30.3 Å². The van der Waals surface area contributed by atoms with Gasteiger partial charge in [-0.2, -0.15) is 0 Å². The van der Waals surface area contributed by atoms with Crippen molar-refractivity contribution in [2.24, 2.45) is 0 Å². The van der Waals surface area contributed by atoms with Gasteiger partial charge >= 0.3 is 0 Å². The van der Waals surface area contributed by atoms with Crippen molar-refractivity contribution in [2.45, 2.75) is 6.61 Å². The zero-order chi connectivity index (χ0) is 13.2. The van der Waals surface area contributed by atoms with Gasteiger partial charge in [0.2, 0.25) is 0 Å². The Balaban J connectivity index is 1.80. The second-order valence-corrected chi connectivity index (χ2v) is 4.96. The third-order valence-electron chi connectivity index (χ3n) is 2.72. The van der Waals surface area contributed by atoms with Crippen LogP contribution in [0.15, 0.2) is 52.9 Å². The second kappa shape index (κ2) is 5.16. The Labute approximate surface area is 120 Å². The molecule has 0 radical (unpaired) electrons. The number of furan rings is 1. The SMILES string of the molecule is Clc1cccc(OCc2cc3cccc(Cl)c3o2)c1. The van der Waals surface area contributed by atoms with Crippen LogP contribution in [0.1, 0.15) is 5.76 Å². The van der Waals surface area contributed by atoms with Gasteiger partial charge in [-0.1, -0.05) is 41.4 Å². The van der Waals surface area contributed by atoms with Crippen LogP contribution in [0.2, 0.25) is 10.0 Å². The molecule has 2 nitrogen and oxygen atoms in total. The topological polar surface area (TPSA) is 22.4 Å². The molecule has 3 aromatic rings. The average Bonchev–Trinajstić information content (AvgIpc) is 2.81. The molecule has 0 aliphatic rings. The highest BCUT2D eigenvalue weighted by Crippen LogP contribution is 2.27. The van der Waals surface area contributed by atoms with Crippen LogP contribution in [0.4, 0.5) is 0 Å². The van der Waals surface area contributed by atoms with E-state index in [-0.39, 0.29) is 0 Å². The largest absolute Gasteiger partial charge is 0.486 e. The van der Waals surface area contributed by atoms with E-state index in [4.69, 9.17) is 32.4 Å². The van der Waals surface area contributed by atoms with E-state index in [2.05, 4.69) is 0 Å². The highest BCUT2D eigenvalue weighted by molar-refractivity contribution is 6.34. The molecule has 0 fully saturated rings. The van der Waals surface area contributed by atoms with Gasteiger partial charge in [0, 0.05) is 10.4 Å². The molecular formula is C15H10Cl2O2. The fraction of sp³-hybridized carbons (Fsp3) is 0.0667. The lowest BCUT2D eigenvalue weighted by Gasteiger charge is -2.03. The van der Waals surface area contributed by atoms with Crippen LogP contribution in [0.25, 0.3) is 11.0 Å². The van der Waals surface area contributed by atoms with Gasteiger partial charge < -0.3 is 9.15 Å². The van der Waals surface area contributed by atoms with Crippen LogP contribution in [-0.2, 0) is 6.61 Å². The summed E-state index contributed by atoms with van der Waals surface area (Å²) in [5.74, 6) is 1.43. The maximum absolute atomic E-state index is 6.06. The fourth-order valence-electron chi connectivity index (χ4n) is 1.86. The molecule has 0 aliphatic carbocycles. The lowest BCUT2D eigenvalue weighted by molar-refractivity contribution is 0.274. The van der Waals surface area contributed by atoms with Gasteiger partial charge in [-0.15, -0.1) is 0 Å². The highest BCUT2D eigenvalue weighted by Gasteiger charge is 2.07. The van der Waals surface area contributed by atoms with Crippen LogP contribution >= 0.6 is 23.2 Å². The molecule has 0 amide bonds. The van der Waals surface area contributed by atoms with Crippen molar-refractivity contribution in [1.82, 2.24) is 0 Å². The Morgan fingerprint density at radius 3 is 2.63 bits per heavy atom. The molecule has 0 spiro atoms. The number of benzene rings is 2. The maximum Gasteiger partial charge on any atom is 0.153 e. The van der Waals surface area contributed by atoms with E-state index in [1.165, 1.54) is 0 Å². The van der Waals surface area contributed by atoms with E-state index < -0.39 is 0 Å². The van der Waals surface area contributed by atoms with E-state index in [1.807, 2.05) is 30.3 Å².